The largest absolute Gasteiger partial charge is 0.476 e. The molecule has 4 nitrogen and oxygen atoms in total. The van der Waals surface area contributed by atoms with E-state index in [4.69, 9.17) is 15.2 Å². The molecule has 1 aromatic rings. The first-order chi connectivity index (χ1) is 10.3. The third kappa shape index (κ3) is 3.80. The average Bonchev–Trinajstić information content (AvgIpc) is 3.32. The van der Waals surface area contributed by atoms with Crippen molar-refractivity contribution < 1.29 is 9.47 Å². The highest BCUT2D eigenvalue weighted by molar-refractivity contribution is 5.49. The van der Waals surface area contributed by atoms with Crippen LogP contribution in [0.25, 0.3) is 0 Å². The van der Waals surface area contributed by atoms with Gasteiger partial charge >= 0.3 is 0 Å². The molecule has 2 N–H and O–H groups in total. The van der Waals surface area contributed by atoms with Crippen LogP contribution >= 0.6 is 0 Å². The van der Waals surface area contributed by atoms with Crippen molar-refractivity contribution in [2.24, 2.45) is 11.8 Å². The Morgan fingerprint density at radius 3 is 2.76 bits per heavy atom. The topological polar surface area (TPSA) is 57.4 Å². The minimum Gasteiger partial charge on any atom is -0.476 e. The lowest BCUT2D eigenvalue weighted by Crippen LogP contribution is -2.30. The molecule has 0 radical (unpaired) electrons. The van der Waals surface area contributed by atoms with E-state index in [-0.39, 0.29) is 6.10 Å². The summed E-state index contributed by atoms with van der Waals surface area (Å²) in [5, 5.41) is 0. The molecule has 2 aliphatic carbocycles. The lowest BCUT2D eigenvalue weighted by atomic mass is 9.85. The highest BCUT2D eigenvalue weighted by atomic mass is 16.5. The summed E-state index contributed by atoms with van der Waals surface area (Å²) in [7, 11) is 0. The fraction of sp³-hybridized carbons (Fsp3) is 0.706. The standard InChI is InChI=1S/C17H26N2O2/c1-2-13-5-3-4-6-15(13)21-16-10-9-14(18)17(19-16)20-11-12-7-8-12/h9-10,12-13,15H,2-8,11,18H2,1H3. The summed E-state index contributed by atoms with van der Waals surface area (Å²) in [6.45, 7) is 2.97. The molecule has 0 aromatic carbocycles. The van der Waals surface area contributed by atoms with Crippen LogP contribution in [-0.2, 0) is 0 Å². The summed E-state index contributed by atoms with van der Waals surface area (Å²) in [6, 6.07) is 3.70. The van der Waals surface area contributed by atoms with Crippen LogP contribution in [0, 0.1) is 11.8 Å². The predicted octanol–water partition coefficient (Wildman–Crippen LogP) is 3.80. The summed E-state index contributed by atoms with van der Waals surface area (Å²) in [5.41, 5.74) is 6.54. The molecule has 3 rings (SSSR count). The second-order valence-corrected chi connectivity index (χ2v) is 6.41. The Kier molecular flexibility index (Phi) is 4.51. The Labute approximate surface area is 127 Å². The van der Waals surface area contributed by atoms with Crippen LogP contribution in [0.5, 0.6) is 11.8 Å². The molecule has 2 saturated carbocycles. The minimum absolute atomic E-state index is 0.288. The Balaban J connectivity index is 1.64. The van der Waals surface area contributed by atoms with Gasteiger partial charge in [0.2, 0.25) is 11.8 Å². The summed E-state index contributed by atoms with van der Waals surface area (Å²) >= 11 is 0. The number of pyridine rings is 1. The second-order valence-electron chi connectivity index (χ2n) is 6.41. The van der Waals surface area contributed by atoms with Gasteiger partial charge in [0.05, 0.1) is 12.3 Å². The zero-order valence-electron chi connectivity index (χ0n) is 12.9. The first-order valence-electron chi connectivity index (χ1n) is 8.32. The van der Waals surface area contributed by atoms with Gasteiger partial charge in [-0.15, -0.1) is 0 Å². The van der Waals surface area contributed by atoms with Crippen molar-refractivity contribution in [2.75, 3.05) is 12.3 Å². The third-order valence-corrected chi connectivity index (χ3v) is 4.65. The Hall–Kier alpha value is -1.45. The molecule has 21 heavy (non-hydrogen) atoms. The fourth-order valence-corrected chi connectivity index (χ4v) is 3.05. The predicted molar refractivity (Wildman–Crippen MR) is 83.5 cm³/mol. The van der Waals surface area contributed by atoms with Crippen LogP contribution in [0.3, 0.4) is 0 Å². The van der Waals surface area contributed by atoms with Crippen molar-refractivity contribution >= 4 is 5.69 Å². The number of hydrogen-bond acceptors (Lipinski definition) is 4. The quantitative estimate of drug-likeness (QED) is 0.865. The highest BCUT2D eigenvalue weighted by Crippen LogP contribution is 2.33. The van der Waals surface area contributed by atoms with Crippen LogP contribution in [0.15, 0.2) is 12.1 Å². The molecular formula is C17H26N2O2. The van der Waals surface area contributed by atoms with Gasteiger partial charge in [-0.3, -0.25) is 0 Å². The van der Waals surface area contributed by atoms with Crippen LogP contribution < -0.4 is 15.2 Å². The van der Waals surface area contributed by atoms with Crippen LogP contribution in [0.2, 0.25) is 0 Å². The Bertz CT molecular complexity index is 474. The smallest absolute Gasteiger partial charge is 0.240 e. The zero-order valence-corrected chi connectivity index (χ0v) is 12.9. The van der Waals surface area contributed by atoms with Gasteiger partial charge in [0.1, 0.15) is 6.10 Å². The maximum Gasteiger partial charge on any atom is 0.240 e. The molecule has 0 spiro atoms. The van der Waals surface area contributed by atoms with Gasteiger partial charge in [-0.05, 0) is 56.4 Å². The van der Waals surface area contributed by atoms with E-state index in [1.54, 1.807) is 0 Å². The number of nitrogens with two attached hydrogens (primary N) is 1. The SMILES string of the molecule is CCC1CCCCC1Oc1ccc(N)c(OCC2CC2)n1. The molecule has 0 saturated heterocycles. The van der Waals surface area contributed by atoms with Gasteiger partial charge in [0.25, 0.3) is 0 Å². The van der Waals surface area contributed by atoms with E-state index in [1.807, 2.05) is 12.1 Å². The van der Waals surface area contributed by atoms with Gasteiger partial charge in [-0.25, -0.2) is 0 Å². The van der Waals surface area contributed by atoms with Gasteiger partial charge < -0.3 is 15.2 Å². The molecule has 0 aliphatic heterocycles. The molecule has 2 fully saturated rings. The summed E-state index contributed by atoms with van der Waals surface area (Å²) in [5.74, 6) is 2.52. The lowest BCUT2D eigenvalue weighted by Gasteiger charge is -2.30. The number of nitrogen functional groups attached to an aromatic ring is 1. The monoisotopic (exact) mass is 290 g/mol. The molecule has 2 atom stereocenters. The first kappa shape index (κ1) is 14.5. The van der Waals surface area contributed by atoms with Crippen LogP contribution in [0.1, 0.15) is 51.9 Å². The Morgan fingerprint density at radius 1 is 1.19 bits per heavy atom. The Morgan fingerprint density at radius 2 is 2.00 bits per heavy atom. The molecule has 1 heterocycles. The number of anilines is 1. The van der Waals surface area contributed by atoms with Crippen molar-refractivity contribution in [3.8, 4) is 11.8 Å². The molecule has 1 aromatic heterocycles. The van der Waals surface area contributed by atoms with E-state index in [9.17, 15) is 0 Å². The number of hydrogen-bond donors (Lipinski definition) is 1. The molecular weight excluding hydrogens is 264 g/mol. The van der Waals surface area contributed by atoms with Crippen LogP contribution in [0.4, 0.5) is 5.69 Å². The first-order valence-corrected chi connectivity index (χ1v) is 8.32. The lowest BCUT2D eigenvalue weighted by molar-refractivity contribution is 0.0850. The maximum absolute atomic E-state index is 6.13. The third-order valence-electron chi connectivity index (χ3n) is 4.65. The summed E-state index contributed by atoms with van der Waals surface area (Å²) in [4.78, 5) is 4.47. The van der Waals surface area contributed by atoms with Gasteiger partial charge in [-0.1, -0.05) is 13.3 Å². The van der Waals surface area contributed by atoms with Crippen molar-refractivity contribution in [1.82, 2.24) is 4.98 Å². The molecule has 2 unspecified atom stereocenters. The summed E-state index contributed by atoms with van der Waals surface area (Å²) < 4.78 is 11.9. The second kappa shape index (κ2) is 6.54. The number of aromatic nitrogens is 1. The minimum atomic E-state index is 0.288. The number of nitrogens with zero attached hydrogens (tertiary/aromatic N) is 1. The molecule has 116 valence electrons. The zero-order chi connectivity index (χ0) is 14.7. The van der Waals surface area contributed by atoms with Crippen molar-refractivity contribution in [3.63, 3.8) is 0 Å². The van der Waals surface area contributed by atoms with Gasteiger partial charge in [0.15, 0.2) is 0 Å². The van der Waals surface area contributed by atoms with E-state index in [1.165, 1.54) is 38.5 Å². The van der Waals surface area contributed by atoms with Gasteiger partial charge in [-0.2, -0.15) is 4.98 Å². The average molecular weight is 290 g/mol. The molecule has 0 amide bonds. The highest BCUT2D eigenvalue weighted by Gasteiger charge is 2.26. The van der Waals surface area contributed by atoms with Gasteiger partial charge in [0, 0.05) is 6.07 Å². The number of ether oxygens (including phenoxy) is 2. The fourth-order valence-electron chi connectivity index (χ4n) is 3.05. The molecule has 2 aliphatic rings. The normalized spacial score (nSPS) is 25.6. The maximum atomic E-state index is 6.13. The van der Waals surface area contributed by atoms with Crippen LogP contribution in [-0.4, -0.2) is 17.7 Å². The molecule has 4 heteroatoms. The number of rotatable bonds is 6. The van der Waals surface area contributed by atoms with Crippen molar-refractivity contribution in [3.05, 3.63) is 12.1 Å². The van der Waals surface area contributed by atoms with E-state index in [2.05, 4.69) is 11.9 Å². The van der Waals surface area contributed by atoms with Crippen molar-refractivity contribution in [2.45, 2.75) is 58.0 Å². The van der Waals surface area contributed by atoms with E-state index in [0.717, 1.165) is 13.0 Å². The van der Waals surface area contributed by atoms with E-state index >= 15 is 0 Å². The molecule has 0 bridgehead atoms. The van der Waals surface area contributed by atoms with E-state index in [0.29, 0.717) is 29.3 Å². The van der Waals surface area contributed by atoms with E-state index < -0.39 is 0 Å². The van der Waals surface area contributed by atoms with Crippen molar-refractivity contribution in [1.29, 1.82) is 0 Å². The summed E-state index contributed by atoms with van der Waals surface area (Å²) in [6.07, 6.45) is 8.95.